The summed E-state index contributed by atoms with van der Waals surface area (Å²) in [5, 5.41) is 6.27. The van der Waals surface area contributed by atoms with Crippen LogP contribution in [-0.4, -0.2) is 47.9 Å². The summed E-state index contributed by atoms with van der Waals surface area (Å²) in [6, 6.07) is 1.67. The predicted octanol–water partition coefficient (Wildman–Crippen LogP) is 2.30. The summed E-state index contributed by atoms with van der Waals surface area (Å²) in [4.78, 5) is 29.3. The van der Waals surface area contributed by atoms with E-state index in [2.05, 4.69) is 15.6 Å². The topological polar surface area (TPSA) is 74.3 Å². The zero-order valence-electron chi connectivity index (χ0n) is 13.4. The first-order chi connectivity index (χ1) is 11.1. The molecule has 0 unspecified atom stereocenters. The Labute approximate surface area is 141 Å². The molecule has 1 aliphatic heterocycles. The Bertz CT molecular complexity index is 559. The molecule has 0 bridgehead atoms. The Morgan fingerprint density at radius 1 is 1.26 bits per heavy atom. The number of nitrogens with zero attached hydrogens (tertiary/aromatic N) is 2. The Hall–Kier alpha value is -1.82. The molecule has 0 atom stereocenters. The van der Waals surface area contributed by atoms with Crippen LogP contribution in [0.15, 0.2) is 12.3 Å². The molecule has 2 N–H and O–H groups in total. The number of rotatable bonds is 6. The molecule has 2 rings (SSSR count). The minimum absolute atomic E-state index is 0.00342. The largest absolute Gasteiger partial charge is 0.369 e. The van der Waals surface area contributed by atoms with Crippen molar-refractivity contribution in [2.75, 3.05) is 31.5 Å². The summed E-state index contributed by atoms with van der Waals surface area (Å²) in [5.74, 6) is 0.516. The number of nitrogens with one attached hydrogen (secondary N) is 2. The zero-order chi connectivity index (χ0) is 16.7. The predicted molar refractivity (Wildman–Crippen MR) is 90.8 cm³/mol. The van der Waals surface area contributed by atoms with Gasteiger partial charge in [0, 0.05) is 39.3 Å². The number of anilines is 1. The van der Waals surface area contributed by atoms with Crippen molar-refractivity contribution in [3.63, 3.8) is 0 Å². The minimum atomic E-state index is -0.0401. The van der Waals surface area contributed by atoms with E-state index in [1.54, 1.807) is 12.3 Å². The molecule has 7 heteroatoms. The lowest BCUT2D eigenvalue weighted by Crippen LogP contribution is -2.35. The molecule has 0 aromatic carbocycles. The SMILES string of the molecule is CC(=O)NCCCNc1ncc(C(=O)N2CCCCC2)cc1Cl. The standard InChI is InChI=1S/C16H23ClN4O2/c1-12(22)18-6-5-7-19-15-14(17)10-13(11-20-15)16(23)21-8-3-2-4-9-21/h10-11H,2-9H2,1H3,(H,18,22)(H,19,20). The monoisotopic (exact) mass is 338 g/mol. The van der Waals surface area contributed by atoms with Crippen molar-refractivity contribution in [3.8, 4) is 0 Å². The highest BCUT2D eigenvalue weighted by Crippen LogP contribution is 2.21. The number of halogens is 1. The number of amides is 2. The van der Waals surface area contributed by atoms with Gasteiger partial charge in [0.2, 0.25) is 5.91 Å². The fourth-order valence-electron chi connectivity index (χ4n) is 2.52. The highest BCUT2D eigenvalue weighted by Gasteiger charge is 2.19. The smallest absolute Gasteiger partial charge is 0.255 e. The highest BCUT2D eigenvalue weighted by atomic mass is 35.5. The van der Waals surface area contributed by atoms with Gasteiger partial charge in [0.05, 0.1) is 10.6 Å². The number of pyridine rings is 1. The van der Waals surface area contributed by atoms with Crippen LogP contribution in [0, 0.1) is 0 Å². The van der Waals surface area contributed by atoms with Gasteiger partial charge in [-0.2, -0.15) is 0 Å². The van der Waals surface area contributed by atoms with Gasteiger partial charge >= 0.3 is 0 Å². The maximum absolute atomic E-state index is 12.4. The van der Waals surface area contributed by atoms with Crippen LogP contribution in [0.2, 0.25) is 5.02 Å². The third kappa shape index (κ3) is 5.39. The van der Waals surface area contributed by atoms with Crippen molar-refractivity contribution in [2.24, 2.45) is 0 Å². The van der Waals surface area contributed by atoms with Crippen molar-refractivity contribution < 1.29 is 9.59 Å². The first-order valence-corrected chi connectivity index (χ1v) is 8.39. The van der Waals surface area contributed by atoms with Crippen LogP contribution >= 0.6 is 11.6 Å². The van der Waals surface area contributed by atoms with E-state index in [0.717, 1.165) is 32.4 Å². The number of hydrogen-bond donors (Lipinski definition) is 2. The van der Waals surface area contributed by atoms with Gasteiger partial charge in [-0.15, -0.1) is 0 Å². The number of carbonyl (C=O) groups excluding carboxylic acids is 2. The second-order valence-corrected chi connectivity index (χ2v) is 6.08. The Kier molecular flexibility index (Phi) is 6.65. The number of piperidine rings is 1. The molecule has 23 heavy (non-hydrogen) atoms. The fraction of sp³-hybridized carbons (Fsp3) is 0.562. The third-order valence-electron chi connectivity index (χ3n) is 3.75. The molecule has 126 valence electrons. The van der Waals surface area contributed by atoms with Crippen molar-refractivity contribution in [1.82, 2.24) is 15.2 Å². The first-order valence-electron chi connectivity index (χ1n) is 8.01. The van der Waals surface area contributed by atoms with E-state index in [9.17, 15) is 9.59 Å². The lowest BCUT2D eigenvalue weighted by molar-refractivity contribution is -0.118. The third-order valence-corrected chi connectivity index (χ3v) is 4.04. The number of hydrogen-bond acceptors (Lipinski definition) is 4. The van der Waals surface area contributed by atoms with E-state index in [1.165, 1.54) is 13.3 Å². The normalized spacial score (nSPS) is 14.4. The number of aromatic nitrogens is 1. The minimum Gasteiger partial charge on any atom is -0.369 e. The molecule has 1 aliphatic rings. The molecule has 1 saturated heterocycles. The van der Waals surface area contributed by atoms with E-state index in [1.807, 2.05) is 4.90 Å². The lowest BCUT2D eigenvalue weighted by Gasteiger charge is -2.26. The van der Waals surface area contributed by atoms with Crippen molar-refractivity contribution in [3.05, 3.63) is 22.8 Å². The molecule has 2 heterocycles. The summed E-state index contributed by atoms with van der Waals surface area (Å²) in [6.45, 7) is 4.35. The summed E-state index contributed by atoms with van der Waals surface area (Å²) in [6.07, 6.45) is 5.64. The van der Waals surface area contributed by atoms with Crippen LogP contribution < -0.4 is 10.6 Å². The highest BCUT2D eigenvalue weighted by molar-refractivity contribution is 6.33. The van der Waals surface area contributed by atoms with E-state index in [4.69, 9.17) is 11.6 Å². The van der Waals surface area contributed by atoms with Crippen LogP contribution in [0.4, 0.5) is 5.82 Å². The van der Waals surface area contributed by atoms with E-state index in [0.29, 0.717) is 29.5 Å². The van der Waals surface area contributed by atoms with Crippen LogP contribution in [-0.2, 0) is 4.79 Å². The van der Waals surface area contributed by atoms with Gasteiger partial charge in [-0.05, 0) is 31.7 Å². The van der Waals surface area contributed by atoms with Gasteiger partial charge in [-0.25, -0.2) is 4.98 Å². The van der Waals surface area contributed by atoms with E-state index in [-0.39, 0.29) is 11.8 Å². The molecular formula is C16H23ClN4O2. The van der Waals surface area contributed by atoms with Gasteiger partial charge < -0.3 is 15.5 Å². The van der Waals surface area contributed by atoms with Crippen molar-refractivity contribution >= 4 is 29.2 Å². The fourth-order valence-corrected chi connectivity index (χ4v) is 2.76. The zero-order valence-corrected chi connectivity index (χ0v) is 14.2. The Morgan fingerprint density at radius 2 is 2.00 bits per heavy atom. The Balaban J connectivity index is 1.87. The van der Waals surface area contributed by atoms with E-state index >= 15 is 0 Å². The summed E-state index contributed by atoms with van der Waals surface area (Å²) < 4.78 is 0. The Morgan fingerprint density at radius 3 is 2.65 bits per heavy atom. The van der Waals surface area contributed by atoms with E-state index < -0.39 is 0 Å². The molecule has 1 fully saturated rings. The lowest BCUT2D eigenvalue weighted by atomic mass is 10.1. The van der Waals surface area contributed by atoms with Crippen LogP contribution in [0.25, 0.3) is 0 Å². The van der Waals surface area contributed by atoms with Crippen LogP contribution in [0.1, 0.15) is 43.0 Å². The molecule has 0 radical (unpaired) electrons. The number of carbonyl (C=O) groups is 2. The molecule has 6 nitrogen and oxygen atoms in total. The maximum atomic E-state index is 12.4. The quantitative estimate of drug-likeness (QED) is 0.780. The van der Waals surface area contributed by atoms with Crippen LogP contribution in [0.3, 0.4) is 0 Å². The summed E-state index contributed by atoms with van der Waals surface area (Å²) in [5.41, 5.74) is 0.528. The molecule has 0 aliphatic carbocycles. The second-order valence-electron chi connectivity index (χ2n) is 5.67. The van der Waals surface area contributed by atoms with Crippen LogP contribution in [0.5, 0.6) is 0 Å². The van der Waals surface area contributed by atoms with Gasteiger partial charge in [-0.3, -0.25) is 9.59 Å². The molecule has 2 amide bonds. The summed E-state index contributed by atoms with van der Waals surface area (Å²) in [7, 11) is 0. The first kappa shape index (κ1) is 17.5. The molecular weight excluding hydrogens is 316 g/mol. The summed E-state index contributed by atoms with van der Waals surface area (Å²) >= 11 is 6.21. The van der Waals surface area contributed by atoms with Gasteiger partial charge in [0.25, 0.3) is 5.91 Å². The average Bonchev–Trinajstić information content (AvgIpc) is 2.55. The van der Waals surface area contributed by atoms with Gasteiger partial charge in [0.1, 0.15) is 5.82 Å². The average molecular weight is 339 g/mol. The number of likely N-dealkylation sites (tertiary alicyclic amines) is 1. The molecule has 1 aromatic heterocycles. The van der Waals surface area contributed by atoms with Crippen molar-refractivity contribution in [2.45, 2.75) is 32.6 Å². The molecule has 1 aromatic rings. The maximum Gasteiger partial charge on any atom is 0.255 e. The molecule has 0 saturated carbocycles. The van der Waals surface area contributed by atoms with Crippen molar-refractivity contribution in [1.29, 1.82) is 0 Å². The molecule has 0 spiro atoms. The van der Waals surface area contributed by atoms with Gasteiger partial charge in [-0.1, -0.05) is 11.6 Å². The van der Waals surface area contributed by atoms with Gasteiger partial charge in [0.15, 0.2) is 0 Å². The second kappa shape index (κ2) is 8.72.